The number of nitrogens with zero attached hydrogens (tertiary/aromatic N) is 2. The van der Waals surface area contributed by atoms with Crippen molar-refractivity contribution >= 4 is 13.1 Å². The number of rotatable bonds is 7. The highest BCUT2D eigenvalue weighted by Crippen LogP contribution is 2.22. The van der Waals surface area contributed by atoms with Crippen LogP contribution in [-0.4, -0.2) is 43.8 Å². The molecule has 0 aromatic carbocycles. The third-order valence-electron chi connectivity index (χ3n) is 3.21. The number of hydrogen-bond donors (Lipinski definition) is 1. The molecular weight excluding hydrogens is 295 g/mol. The predicted octanol–water partition coefficient (Wildman–Crippen LogP) is 2.81. The Balaban J connectivity index is 2.34. The van der Waals surface area contributed by atoms with E-state index in [0.717, 1.165) is 0 Å². The maximum absolute atomic E-state index is 12.3. The van der Waals surface area contributed by atoms with Crippen LogP contribution in [0.25, 0.3) is 0 Å². The molecule has 122 valence electrons. The van der Waals surface area contributed by atoms with Gasteiger partial charge in [0.25, 0.3) is 0 Å². The van der Waals surface area contributed by atoms with E-state index in [1.165, 1.54) is 10.5 Å². The molecule has 1 amide bonds. The molecule has 1 heterocycles. The first-order valence-electron chi connectivity index (χ1n) is 6.95. The monoisotopic (exact) mass is 315 g/mol. The normalized spacial score (nSPS) is 17.6. The number of nitrogens with one attached hydrogen (secondary N) is 1. The van der Waals surface area contributed by atoms with E-state index in [2.05, 4.69) is 17.0 Å². The van der Waals surface area contributed by atoms with Crippen molar-refractivity contribution in [1.29, 1.82) is 0 Å². The van der Waals surface area contributed by atoms with Gasteiger partial charge in [0, 0.05) is 13.1 Å². The molecule has 7 heteroatoms. The highest BCUT2D eigenvalue weighted by Gasteiger charge is 2.31. The van der Waals surface area contributed by atoms with Crippen molar-refractivity contribution in [2.24, 2.45) is 4.99 Å². The number of hydrogen-bond acceptors (Lipinski definition) is 3. The largest absolute Gasteiger partial charge is 0.401 e. The maximum atomic E-state index is 12.3. The van der Waals surface area contributed by atoms with Crippen molar-refractivity contribution in [1.82, 2.24) is 10.2 Å². The minimum atomic E-state index is -4.12. The van der Waals surface area contributed by atoms with Crippen LogP contribution in [0.3, 0.4) is 0 Å². The number of amides is 1. The Morgan fingerprint density at radius 1 is 1.36 bits per heavy atom. The van der Waals surface area contributed by atoms with Gasteiger partial charge < -0.3 is 5.32 Å². The number of carbonyl (C=O) groups excluding carboxylic acids is 1. The molecule has 0 atom stereocenters. The van der Waals surface area contributed by atoms with Gasteiger partial charge in [-0.3, -0.25) is 9.69 Å². The third kappa shape index (κ3) is 7.78. The lowest BCUT2D eigenvalue weighted by Gasteiger charge is -2.28. The zero-order valence-corrected chi connectivity index (χ0v) is 12.3. The minimum absolute atomic E-state index is 0.361. The molecule has 0 spiro atoms. The van der Waals surface area contributed by atoms with Crippen LogP contribution in [0.15, 0.2) is 40.7 Å². The number of likely N-dealkylation sites (tertiary alicyclic amines) is 1. The van der Waals surface area contributed by atoms with Gasteiger partial charge in [-0.05, 0) is 32.1 Å². The standard InChI is InChI=1S/C15H20F3N3O/c1-19-14(20-12-22)6-4-2-3-5-13-7-9-21(10-8-13)11-15(16,17)18/h2,4-6,12H,1,3,7-11H2,(H,20,22)/b4-2-,14-6+. The lowest BCUT2D eigenvalue weighted by Crippen LogP contribution is -2.38. The molecule has 0 radical (unpaired) electrons. The molecule has 1 N–H and O–H groups in total. The number of piperidine rings is 1. The van der Waals surface area contributed by atoms with Crippen molar-refractivity contribution in [3.8, 4) is 0 Å². The second kappa shape index (κ2) is 9.19. The second-order valence-corrected chi connectivity index (χ2v) is 4.89. The lowest BCUT2D eigenvalue weighted by molar-refractivity contribution is -0.146. The van der Waals surface area contributed by atoms with Gasteiger partial charge in [0.1, 0.15) is 5.82 Å². The van der Waals surface area contributed by atoms with Gasteiger partial charge in [0.05, 0.1) is 6.54 Å². The first-order chi connectivity index (χ1) is 10.4. The highest BCUT2D eigenvalue weighted by atomic mass is 19.4. The summed E-state index contributed by atoms with van der Waals surface area (Å²) in [6, 6.07) is 0. The van der Waals surface area contributed by atoms with Crippen LogP contribution >= 0.6 is 0 Å². The van der Waals surface area contributed by atoms with E-state index >= 15 is 0 Å². The quantitative estimate of drug-likeness (QED) is 0.340. The predicted molar refractivity (Wildman–Crippen MR) is 80.4 cm³/mol. The number of aliphatic imine (C=N–C) groups is 1. The van der Waals surface area contributed by atoms with E-state index in [0.29, 0.717) is 44.6 Å². The van der Waals surface area contributed by atoms with Crippen LogP contribution in [-0.2, 0) is 4.79 Å². The Morgan fingerprint density at radius 2 is 2.05 bits per heavy atom. The molecule has 0 bridgehead atoms. The molecule has 0 aliphatic carbocycles. The van der Waals surface area contributed by atoms with Gasteiger partial charge >= 0.3 is 6.18 Å². The van der Waals surface area contributed by atoms with Gasteiger partial charge in [-0.25, -0.2) is 4.99 Å². The van der Waals surface area contributed by atoms with Crippen LogP contribution in [0, 0.1) is 0 Å². The van der Waals surface area contributed by atoms with E-state index in [1.807, 2.05) is 12.2 Å². The summed E-state index contributed by atoms with van der Waals surface area (Å²) in [6.07, 6.45) is 5.71. The number of alkyl halides is 3. The first kappa shape index (κ1) is 18.2. The number of allylic oxidation sites excluding steroid dienone is 4. The van der Waals surface area contributed by atoms with Gasteiger partial charge in [0.2, 0.25) is 6.41 Å². The fraction of sp³-hybridized carbons (Fsp3) is 0.467. The molecule has 0 saturated carbocycles. The Labute approximate surface area is 128 Å². The summed E-state index contributed by atoms with van der Waals surface area (Å²) in [7, 11) is 0. The zero-order chi connectivity index (χ0) is 16.4. The summed E-state index contributed by atoms with van der Waals surface area (Å²) in [5.74, 6) is 0.361. The Morgan fingerprint density at radius 3 is 2.59 bits per heavy atom. The molecule has 1 aliphatic heterocycles. The van der Waals surface area contributed by atoms with Gasteiger partial charge in [-0.2, -0.15) is 13.2 Å². The molecule has 1 fully saturated rings. The van der Waals surface area contributed by atoms with E-state index in [-0.39, 0.29) is 0 Å². The van der Waals surface area contributed by atoms with Gasteiger partial charge in [0.15, 0.2) is 0 Å². The van der Waals surface area contributed by atoms with Crippen LogP contribution in [0.1, 0.15) is 19.3 Å². The summed E-state index contributed by atoms with van der Waals surface area (Å²) in [5.41, 5.74) is 1.18. The van der Waals surface area contributed by atoms with Crippen molar-refractivity contribution in [3.63, 3.8) is 0 Å². The summed E-state index contributed by atoms with van der Waals surface area (Å²) in [5, 5.41) is 2.38. The molecule has 0 unspecified atom stereocenters. The van der Waals surface area contributed by atoms with Crippen LogP contribution in [0.2, 0.25) is 0 Å². The zero-order valence-electron chi connectivity index (χ0n) is 12.3. The molecule has 0 aromatic rings. The minimum Gasteiger partial charge on any atom is -0.313 e. The molecular formula is C15H20F3N3O. The Kier molecular flexibility index (Phi) is 7.59. The van der Waals surface area contributed by atoms with Crippen LogP contribution < -0.4 is 5.32 Å². The van der Waals surface area contributed by atoms with E-state index in [9.17, 15) is 18.0 Å². The molecule has 1 aliphatic rings. The Bertz CT molecular complexity index is 457. The summed E-state index contributed by atoms with van der Waals surface area (Å²) >= 11 is 0. The van der Waals surface area contributed by atoms with Crippen molar-refractivity contribution in [2.75, 3.05) is 19.6 Å². The number of halogens is 3. The highest BCUT2D eigenvalue weighted by molar-refractivity contribution is 5.51. The average Bonchev–Trinajstić information content (AvgIpc) is 2.46. The molecule has 1 rings (SSSR count). The molecule has 4 nitrogen and oxygen atoms in total. The summed E-state index contributed by atoms with van der Waals surface area (Å²) < 4.78 is 36.8. The third-order valence-corrected chi connectivity index (χ3v) is 3.21. The van der Waals surface area contributed by atoms with E-state index in [4.69, 9.17) is 0 Å². The van der Waals surface area contributed by atoms with Crippen molar-refractivity contribution < 1.29 is 18.0 Å². The fourth-order valence-electron chi connectivity index (χ4n) is 2.14. The summed E-state index contributed by atoms with van der Waals surface area (Å²) in [4.78, 5) is 15.3. The summed E-state index contributed by atoms with van der Waals surface area (Å²) in [6.45, 7) is 3.38. The van der Waals surface area contributed by atoms with E-state index in [1.54, 1.807) is 12.2 Å². The van der Waals surface area contributed by atoms with Crippen molar-refractivity contribution in [2.45, 2.75) is 25.4 Å². The van der Waals surface area contributed by atoms with Crippen LogP contribution in [0.4, 0.5) is 13.2 Å². The first-order valence-corrected chi connectivity index (χ1v) is 6.95. The SMILES string of the molecule is C=N/C(=C\C=C/CC=C1CCN(CC(F)(F)F)CC1)NC=O. The smallest absolute Gasteiger partial charge is 0.313 e. The Hall–Kier alpha value is -1.89. The van der Waals surface area contributed by atoms with Gasteiger partial charge in [-0.1, -0.05) is 23.8 Å². The van der Waals surface area contributed by atoms with Crippen LogP contribution in [0.5, 0.6) is 0 Å². The van der Waals surface area contributed by atoms with Gasteiger partial charge in [-0.15, -0.1) is 0 Å². The number of carbonyl (C=O) groups is 1. The molecule has 0 aromatic heterocycles. The lowest BCUT2D eigenvalue weighted by atomic mass is 10.0. The second-order valence-electron chi connectivity index (χ2n) is 4.89. The topological polar surface area (TPSA) is 44.7 Å². The van der Waals surface area contributed by atoms with Crippen molar-refractivity contribution in [3.05, 3.63) is 35.7 Å². The maximum Gasteiger partial charge on any atom is 0.401 e. The fourth-order valence-corrected chi connectivity index (χ4v) is 2.14. The van der Waals surface area contributed by atoms with E-state index < -0.39 is 12.7 Å². The average molecular weight is 315 g/mol. The molecule has 1 saturated heterocycles. The molecule has 22 heavy (non-hydrogen) atoms.